The lowest BCUT2D eigenvalue weighted by atomic mass is 10.1. The van der Waals surface area contributed by atoms with Crippen LogP contribution in [0.25, 0.3) is 0 Å². The van der Waals surface area contributed by atoms with Crippen molar-refractivity contribution in [1.82, 2.24) is 15.1 Å². The Morgan fingerprint density at radius 1 is 1.24 bits per heavy atom. The Morgan fingerprint density at radius 2 is 2.00 bits per heavy atom. The molecule has 2 aromatic rings. The summed E-state index contributed by atoms with van der Waals surface area (Å²) in [6.07, 6.45) is 7.91. The third kappa shape index (κ3) is 8.12. The minimum absolute atomic E-state index is 0.0835. The summed E-state index contributed by atoms with van der Waals surface area (Å²) in [5.41, 5.74) is 1.51. The Hall–Kier alpha value is -2.75. The predicted molar refractivity (Wildman–Crippen MR) is 152 cm³/mol. The number of para-hydroxylation sites is 1. The van der Waals surface area contributed by atoms with Gasteiger partial charge in [0.1, 0.15) is 6.10 Å². The number of benzene rings is 1. The highest BCUT2D eigenvalue weighted by Crippen LogP contribution is 2.31. The molecule has 1 aromatic carbocycles. The van der Waals surface area contributed by atoms with Crippen LogP contribution in [0.4, 0.5) is 11.4 Å². The van der Waals surface area contributed by atoms with E-state index in [4.69, 9.17) is 32.7 Å². The molecule has 1 aliphatic heterocycles. The number of hydrogen-bond donors (Lipinski definition) is 3. The largest absolute Gasteiger partial charge is 0.475 e. The third-order valence-corrected chi connectivity index (χ3v) is 7.06. The van der Waals surface area contributed by atoms with E-state index in [0.29, 0.717) is 51.6 Å². The first-order chi connectivity index (χ1) is 18.3. The van der Waals surface area contributed by atoms with Crippen LogP contribution in [0.5, 0.6) is 0 Å². The molecule has 0 saturated heterocycles. The molecule has 206 valence electrons. The van der Waals surface area contributed by atoms with Crippen LogP contribution in [-0.4, -0.2) is 47.5 Å². The lowest BCUT2D eigenvalue weighted by molar-refractivity contribution is -0.113. The maximum Gasteiger partial charge on any atom is 0.258 e. The van der Waals surface area contributed by atoms with Crippen molar-refractivity contribution >= 4 is 46.4 Å². The van der Waals surface area contributed by atoms with Crippen molar-refractivity contribution in [3.8, 4) is 0 Å². The summed E-state index contributed by atoms with van der Waals surface area (Å²) in [5, 5.41) is 14.3. The van der Waals surface area contributed by atoms with E-state index in [9.17, 15) is 4.79 Å². The van der Waals surface area contributed by atoms with Gasteiger partial charge in [0.05, 0.1) is 46.3 Å². The van der Waals surface area contributed by atoms with Crippen LogP contribution < -0.4 is 16.0 Å². The Bertz CT molecular complexity index is 1160. The summed E-state index contributed by atoms with van der Waals surface area (Å²) in [6.45, 7) is 8.97. The van der Waals surface area contributed by atoms with E-state index in [1.54, 1.807) is 24.4 Å². The zero-order valence-corrected chi connectivity index (χ0v) is 23.6. The molecule has 4 rings (SSSR count). The Balaban J connectivity index is 1.32. The maximum atomic E-state index is 13.1. The van der Waals surface area contributed by atoms with Gasteiger partial charge in [-0.1, -0.05) is 56.5 Å². The van der Waals surface area contributed by atoms with Crippen molar-refractivity contribution in [2.75, 3.05) is 30.4 Å². The van der Waals surface area contributed by atoms with Crippen LogP contribution in [0, 0.1) is 11.8 Å². The van der Waals surface area contributed by atoms with Crippen molar-refractivity contribution < 1.29 is 14.3 Å². The van der Waals surface area contributed by atoms with E-state index in [2.05, 4.69) is 46.8 Å². The molecule has 0 spiro atoms. The van der Waals surface area contributed by atoms with Gasteiger partial charge in [0, 0.05) is 19.3 Å². The standard InChI is InChI=1S/C27H36Cl2N6O3/c1-4-17(2)10-11-37-16-18(3)14-35-15-19(12-31-35)32-27-30-13-21(26(34-27)38-20-8-9-20)25(36)33-24-22(28)6-5-7-23(24)29/h5-7,12,15,17-18,20H,4,8-11,13-14,16H2,1-3H3,(H,33,36)(H2,30,32,34)/t17?,18-/m0/s1. The Morgan fingerprint density at radius 3 is 2.71 bits per heavy atom. The van der Waals surface area contributed by atoms with Gasteiger partial charge in [-0.3, -0.25) is 14.8 Å². The number of rotatable bonds is 13. The average molecular weight is 564 g/mol. The number of anilines is 2. The maximum absolute atomic E-state index is 13.1. The summed E-state index contributed by atoms with van der Waals surface area (Å²) in [7, 11) is 0. The van der Waals surface area contributed by atoms with Crippen molar-refractivity contribution in [2.45, 2.75) is 59.1 Å². The van der Waals surface area contributed by atoms with Gasteiger partial charge >= 0.3 is 0 Å². The fraction of sp³-hybridized carbons (Fsp3) is 0.519. The lowest BCUT2D eigenvalue weighted by Gasteiger charge is -2.22. The van der Waals surface area contributed by atoms with E-state index in [1.807, 2.05) is 10.9 Å². The molecule has 9 nitrogen and oxygen atoms in total. The molecule has 0 radical (unpaired) electrons. The highest BCUT2D eigenvalue weighted by atomic mass is 35.5. The van der Waals surface area contributed by atoms with E-state index in [-0.39, 0.29) is 18.6 Å². The van der Waals surface area contributed by atoms with Crippen molar-refractivity contribution in [2.24, 2.45) is 16.8 Å². The molecule has 1 amide bonds. The molecule has 1 aliphatic carbocycles. The van der Waals surface area contributed by atoms with Gasteiger partial charge in [-0.25, -0.2) is 4.99 Å². The number of amides is 1. The number of nitrogens with zero attached hydrogens (tertiary/aromatic N) is 3. The van der Waals surface area contributed by atoms with Crippen LogP contribution >= 0.6 is 23.2 Å². The lowest BCUT2D eigenvalue weighted by Crippen LogP contribution is -2.38. The van der Waals surface area contributed by atoms with Crippen LogP contribution in [0.1, 0.15) is 46.5 Å². The van der Waals surface area contributed by atoms with Gasteiger partial charge in [0.15, 0.2) is 0 Å². The number of guanidine groups is 1. The molecule has 1 aromatic heterocycles. The molecule has 0 bridgehead atoms. The Kier molecular flexibility index (Phi) is 9.93. The van der Waals surface area contributed by atoms with Gasteiger partial charge in [-0.15, -0.1) is 0 Å². The van der Waals surface area contributed by atoms with Gasteiger partial charge in [-0.2, -0.15) is 5.10 Å². The summed E-state index contributed by atoms with van der Waals surface area (Å²) in [6, 6.07) is 5.05. The zero-order valence-electron chi connectivity index (χ0n) is 22.1. The topological polar surface area (TPSA) is 102 Å². The summed E-state index contributed by atoms with van der Waals surface area (Å²) in [4.78, 5) is 17.6. The molecule has 11 heteroatoms. The molecule has 1 saturated carbocycles. The van der Waals surface area contributed by atoms with Crippen molar-refractivity contribution in [1.29, 1.82) is 0 Å². The predicted octanol–water partition coefficient (Wildman–Crippen LogP) is 5.68. The second kappa shape index (κ2) is 13.4. The van der Waals surface area contributed by atoms with Crippen LogP contribution in [0.15, 0.2) is 47.0 Å². The number of aliphatic imine (C=N–C) groups is 1. The van der Waals surface area contributed by atoms with E-state index >= 15 is 0 Å². The summed E-state index contributed by atoms with van der Waals surface area (Å²) in [5.74, 6) is 1.51. The second-order valence-electron chi connectivity index (χ2n) is 10.0. The minimum atomic E-state index is -0.376. The van der Waals surface area contributed by atoms with Crippen LogP contribution in [0.3, 0.4) is 0 Å². The third-order valence-electron chi connectivity index (χ3n) is 6.43. The molecule has 3 N–H and O–H groups in total. The number of aromatic nitrogens is 2. The molecule has 2 atom stereocenters. The number of halogens is 2. The monoisotopic (exact) mass is 562 g/mol. The van der Waals surface area contributed by atoms with E-state index in [0.717, 1.165) is 38.1 Å². The zero-order chi connectivity index (χ0) is 27.1. The second-order valence-corrected chi connectivity index (χ2v) is 10.8. The van der Waals surface area contributed by atoms with Crippen molar-refractivity contribution in [3.05, 3.63) is 52.1 Å². The number of ether oxygens (including phenoxy) is 2. The van der Waals surface area contributed by atoms with Gasteiger partial charge in [0.25, 0.3) is 5.91 Å². The molecular formula is C27H36Cl2N6O3. The number of carbonyl (C=O) groups excluding carboxylic acids is 1. The van der Waals surface area contributed by atoms with E-state index in [1.165, 1.54) is 6.42 Å². The summed E-state index contributed by atoms with van der Waals surface area (Å²) < 4.78 is 13.7. The fourth-order valence-electron chi connectivity index (χ4n) is 3.77. The van der Waals surface area contributed by atoms with Gasteiger partial charge in [0.2, 0.25) is 11.8 Å². The highest BCUT2D eigenvalue weighted by molar-refractivity contribution is 6.40. The molecular weight excluding hydrogens is 527 g/mol. The smallest absolute Gasteiger partial charge is 0.258 e. The molecule has 1 unspecified atom stereocenters. The quantitative estimate of drug-likeness (QED) is 0.271. The number of carbonyl (C=O) groups is 1. The van der Waals surface area contributed by atoms with Crippen molar-refractivity contribution in [3.63, 3.8) is 0 Å². The average Bonchev–Trinajstić information content (AvgIpc) is 3.60. The van der Waals surface area contributed by atoms with Crippen LogP contribution in [-0.2, 0) is 20.8 Å². The molecule has 2 aliphatic rings. The Labute approximate surface area is 234 Å². The first-order valence-corrected chi connectivity index (χ1v) is 13.9. The van der Waals surface area contributed by atoms with E-state index < -0.39 is 0 Å². The number of hydrogen-bond acceptors (Lipinski definition) is 7. The minimum Gasteiger partial charge on any atom is -0.475 e. The molecule has 1 fully saturated rings. The van der Waals surface area contributed by atoms with Crippen LogP contribution in [0.2, 0.25) is 10.0 Å². The fourth-order valence-corrected chi connectivity index (χ4v) is 4.26. The molecule has 2 heterocycles. The van der Waals surface area contributed by atoms with Gasteiger partial charge in [-0.05, 0) is 43.2 Å². The first-order valence-electron chi connectivity index (χ1n) is 13.2. The number of nitrogens with one attached hydrogen (secondary N) is 3. The highest BCUT2D eigenvalue weighted by Gasteiger charge is 2.30. The van der Waals surface area contributed by atoms with Gasteiger partial charge < -0.3 is 20.1 Å². The normalized spacial score (nSPS) is 16.9. The summed E-state index contributed by atoms with van der Waals surface area (Å²) >= 11 is 12.4. The first kappa shape index (κ1) is 28.3. The SMILES string of the molecule is CCC(C)CCOC[C@@H](C)Cn1cc(NC2=NCC(C(=O)Nc3c(Cl)cccc3Cl)=C(OC3CC3)N2)cn1. The molecule has 38 heavy (non-hydrogen) atoms.